The molecule has 6 nitrogen and oxygen atoms in total. The number of hydrogen-bond acceptors (Lipinski definition) is 4. The molecule has 0 spiro atoms. The second-order valence-corrected chi connectivity index (χ2v) is 5.58. The van der Waals surface area contributed by atoms with E-state index in [9.17, 15) is 4.79 Å². The maximum Gasteiger partial charge on any atom is 0.337 e. The lowest BCUT2D eigenvalue weighted by atomic mass is 10.3. The van der Waals surface area contributed by atoms with Crippen LogP contribution in [0, 0.1) is 6.92 Å². The molecule has 0 saturated carbocycles. The lowest BCUT2D eigenvalue weighted by Gasteiger charge is -1.99. The summed E-state index contributed by atoms with van der Waals surface area (Å²) in [6.45, 7) is 1.77. The average molecular weight is 349 g/mol. The van der Waals surface area contributed by atoms with Gasteiger partial charge in [-0.2, -0.15) is 0 Å². The number of azo groups is 1. The van der Waals surface area contributed by atoms with Gasteiger partial charge in [-0.05, 0) is 37.3 Å². The highest BCUT2D eigenvalue weighted by Crippen LogP contribution is 2.29. The van der Waals surface area contributed by atoms with E-state index in [-0.39, 0.29) is 5.56 Å². The molecule has 0 fully saturated rings. The Bertz CT molecular complexity index is 950. The predicted molar refractivity (Wildman–Crippen MR) is 87.5 cm³/mol. The summed E-state index contributed by atoms with van der Waals surface area (Å²) in [5.41, 5.74) is 1.90. The zero-order chi connectivity index (χ0) is 16.6. The van der Waals surface area contributed by atoms with E-state index in [1.807, 2.05) is 0 Å². The molecule has 2 aromatic heterocycles. The van der Waals surface area contributed by atoms with Crippen LogP contribution in [0.15, 0.2) is 46.8 Å². The average Bonchev–Trinajstić information content (AvgIpc) is 2.83. The minimum Gasteiger partial charge on any atom is -0.478 e. The van der Waals surface area contributed by atoms with Crippen molar-refractivity contribution in [2.45, 2.75) is 6.92 Å². The monoisotopic (exact) mass is 348 g/mol. The summed E-state index contributed by atoms with van der Waals surface area (Å²) >= 11 is 11.8. The van der Waals surface area contributed by atoms with Crippen LogP contribution < -0.4 is 0 Å². The number of rotatable bonds is 3. The molecular formula is C15H10Cl2N4O2. The Morgan fingerprint density at radius 2 is 1.96 bits per heavy atom. The lowest BCUT2D eigenvalue weighted by Crippen LogP contribution is -1.98. The summed E-state index contributed by atoms with van der Waals surface area (Å²) in [7, 11) is 0. The minimum absolute atomic E-state index is 0.140. The molecule has 1 N–H and O–H groups in total. The van der Waals surface area contributed by atoms with Gasteiger partial charge in [0.2, 0.25) is 0 Å². The standard InChI is InChI=1S/C15H10Cl2N4O2/c1-8-14(20-19-10-3-4-11(16)12(17)6-10)21-7-9(15(22)23)2-5-13(21)18-8/h2-7H,1H3,(H,22,23). The van der Waals surface area contributed by atoms with Gasteiger partial charge in [-0.3, -0.25) is 4.40 Å². The minimum atomic E-state index is -1.02. The van der Waals surface area contributed by atoms with Gasteiger partial charge in [0.25, 0.3) is 0 Å². The maximum atomic E-state index is 11.1. The van der Waals surface area contributed by atoms with Crippen molar-refractivity contribution < 1.29 is 9.90 Å². The third kappa shape index (κ3) is 3.04. The molecule has 0 radical (unpaired) electrons. The van der Waals surface area contributed by atoms with Crippen molar-refractivity contribution in [2.75, 3.05) is 0 Å². The molecule has 3 aromatic rings. The first-order valence-corrected chi connectivity index (χ1v) is 7.30. The van der Waals surface area contributed by atoms with Crippen LogP contribution in [0.25, 0.3) is 5.65 Å². The molecule has 8 heteroatoms. The number of aryl methyl sites for hydroxylation is 1. The first kappa shape index (κ1) is 15.5. The summed E-state index contributed by atoms with van der Waals surface area (Å²) in [6.07, 6.45) is 1.46. The normalized spacial score (nSPS) is 11.4. The molecule has 0 unspecified atom stereocenters. The lowest BCUT2D eigenvalue weighted by molar-refractivity contribution is 0.0696. The van der Waals surface area contributed by atoms with Gasteiger partial charge < -0.3 is 5.11 Å². The molecule has 2 heterocycles. The van der Waals surface area contributed by atoms with Gasteiger partial charge >= 0.3 is 5.97 Å². The van der Waals surface area contributed by atoms with Crippen LogP contribution >= 0.6 is 23.2 Å². The van der Waals surface area contributed by atoms with Crippen molar-refractivity contribution in [3.8, 4) is 0 Å². The summed E-state index contributed by atoms with van der Waals surface area (Å²) < 4.78 is 1.58. The summed E-state index contributed by atoms with van der Waals surface area (Å²) in [4.78, 5) is 15.4. The van der Waals surface area contributed by atoms with Crippen LogP contribution in [-0.4, -0.2) is 20.5 Å². The van der Waals surface area contributed by atoms with Crippen LogP contribution in [0.3, 0.4) is 0 Å². The molecule has 0 atom stereocenters. The molecule has 3 rings (SSSR count). The fourth-order valence-electron chi connectivity index (χ4n) is 2.05. The first-order chi connectivity index (χ1) is 11.0. The molecule has 0 bridgehead atoms. The van der Waals surface area contributed by atoms with Crippen LogP contribution in [-0.2, 0) is 0 Å². The Morgan fingerprint density at radius 3 is 2.65 bits per heavy atom. The van der Waals surface area contributed by atoms with Crippen LogP contribution in [0.4, 0.5) is 11.5 Å². The van der Waals surface area contributed by atoms with Crippen molar-refractivity contribution in [3.63, 3.8) is 0 Å². The molecule has 1 aromatic carbocycles. The highest BCUT2D eigenvalue weighted by molar-refractivity contribution is 6.42. The van der Waals surface area contributed by atoms with Gasteiger partial charge in [0, 0.05) is 6.20 Å². The number of carboxylic acid groups (broad SMARTS) is 1. The van der Waals surface area contributed by atoms with Crippen molar-refractivity contribution >= 4 is 46.3 Å². The predicted octanol–water partition coefficient (Wildman–Crippen LogP) is 5.06. The van der Waals surface area contributed by atoms with Crippen LogP contribution in [0.1, 0.15) is 16.1 Å². The number of nitrogens with zero attached hydrogens (tertiary/aromatic N) is 4. The molecule has 0 amide bonds. The smallest absolute Gasteiger partial charge is 0.337 e. The highest BCUT2D eigenvalue weighted by Gasteiger charge is 2.11. The number of imidazole rings is 1. The van der Waals surface area contributed by atoms with Crippen molar-refractivity contribution in [2.24, 2.45) is 10.2 Å². The Balaban J connectivity index is 2.06. The Labute approximate surface area is 141 Å². The van der Waals surface area contributed by atoms with Gasteiger partial charge in [-0.25, -0.2) is 9.78 Å². The number of benzene rings is 1. The number of hydrogen-bond donors (Lipinski definition) is 1. The van der Waals surface area contributed by atoms with E-state index in [0.717, 1.165) is 0 Å². The molecule has 23 heavy (non-hydrogen) atoms. The fourth-order valence-corrected chi connectivity index (χ4v) is 2.34. The molecule has 116 valence electrons. The van der Waals surface area contributed by atoms with E-state index < -0.39 is 5.97 Å². The van der Waals surface area contributed by atoms with Crippen molar-refractivity contribution in [1.29, 1.82) is 0 Å². The van der Waals surface area contributed by atoms with Gasteiger partial charge in [0.15, 0.2) is 5.82 Å². The topological polar surface area (TPSA) is 79.3 Å². The zero-order valence-corrected chi connectivity index (χ0v) is 13.4. The van der Waals surface area contributed by atoms with E-state index in [1.165, 1.54) is 12.3 Å². The van der Waals surface area contributed by atoms with Gasteiger partial charge in [0.1, 0.15) is 5.65 Å². The molecule has 0 aliphatic carbocycles. The number of carboxylic acids is 1. The first-order valence-electron chi connectivity index (χ1n) is 6.54. The van der Waals surface area contributed by atoms with E-state index in [1.54, 1.807) is 35.6 Å². The van der Waals surface area contributed by atoms with Gasteiger partial charge in [-0.1, -0.05) is 23.2 Å². The Kier molecular flexibility index (Phi) is 4.02. The number of carbonyl (C=O) groups is 1. The van der Waals surface area contributed by atoms with Gasteiger partial charge in [-0.15, -0.1) is 10.2 Å². The second kappa shape index (κ2) is 5.98. The van der Waals surface area contributed by atoms with Gasteiger partial charge in [0.05, 0.1) is 27.0 Å². The number of fused-ring (bicyclic) bond motifs is 1. The zero-order valence-electron chi connectivity index (χ0n) is 11.9. The summed E-state index contributed by atoms with van der Waals surface area (Å²) in [5, 5.41) is 18.2. The SMILES string of the molecule is Cc1nc2ccc(C(=O)O)cn2c1N=Nc1ccc(Cl)c(Cl)c1. The largest absolute Gasteiger partial charge is 0.478 e. The van der Waals surface area contributed by atoms with Crippen molar-refractivity contribution in [1.82, 2.24) is 9.38 Å². The number of halogens is 2. The van der Waals surface area contributed by atoms with E-state index >= 15 is 0 Å². The molecule has 0 saturated heterocycles. The Hall–Kier alpha value is -2.44. The van der Waals surface area contributed by atoms with E-state index in [2.05, 4.69) is 15.2 Å². The van der Waals surface area contributed by atoms with Crippen LogP contribution in [0.2, 0.25) is 10.0 Å². The molecule has 0 aliphatic rings. The summed E-state index contributed by atoms with van der Waals surface area (Å²) in [5.74, 6) is -0.570. The number of pyridine rings is 1. The molecular weight excluding hydrogens is 339 g/mol. The number of aromatic nitrogens is 2. The second-order valence-electron chi connectivity index (χ2n) is 4.77. The third-order valence-corrected chi connectivity index (χ3v) is 3.91. The quantitative estimate of drug-likeness (QED) is 0.671. The van der Waals surface area contributed by atoms with Crippen LogP contribution in [0.5, 0.6) is 0 Å². The van der Waals surface area contributed by atoms with Crippen molar-refractivity contribution in [3.05, 3.63) is 57.8 Å². The highest BCUT2D eigenvalue weighted by atomic mass is 35.5. The fraction of sp³-hybridized carbons (Fsp3) is 0.0667. The molecule has 0 aliphatic heterocycles. The van der Waals surface area contributed by atoms with E-state index in [0.29, 0.717) is 32.9 Å². The third-order valence-electron chi connectivity index (χ3n) is 3.17. The number of aromatic carboxylic acids is 1. The maximum absolute atomic E-state index is 11.1. The summed E-state index contributed by atoms with van der Waals surface area (Å²) in [6, 6.07) is 8.01. The van der Waals surface area contributed by atoms with E-state index in [4.69, 9.17) is 28.3 Å². The Morgan fingerprint density at radius 1 is 1.17 bits per heavy atom.